The molecule has 92 valence electrons. The van der Waals surface area contributed by atoms with Crippen LogP contribution < -0.4 is 16.1 Å². The van der Waals surface area contributed by atoms with Crippen molar-refractivity contribution in [2.45, 2.75) is 43.8 Å². The van der Waals surface area contributed by atoms with Gasteiger partial charge in [0, 0.05) is 11.9 Å². The summed E-state index contributed by atoms with van der Waals surface area (Å²) in [6.07, 6.45) is 6.77. The first kappa shape index (κ1) is 10.6. The van der Waals surface area contributed by atoms with Gasteiger partial charge in [-0.3, -0.25) is 0 Å². The van der Waals surface area contributed by atoms with Crippen molar-refractivity contribution in [1.29, 1.82) is 0 Å². The summed E-state index contributed by atoms with van der Waals surface area (Å²) in [7, 11) is 0. The minimum atomic E-state index is -0.186. The maximum atomic E-state index is 11.2. The molecule has 0 aromatic rings. The van der Waals surface area contributed by atoms with Crippen LogP contribution in [0.2, 0.25) is 0 Å². The molecule has 2 aliphatic heterocycles. The van der Waals surface area contributed by atoms with E-state index in [1.165, 1.54) is 25.7 Å². The summed E-state index contributed by atoms with van der Waals surface area (Å²) in [5, 5.41) is 11.8. The summed E-state index contributed by atoms with van der Waals surface area (Å²) >= 11 is 0. The van der Waals surface area contributed by atoms with E-state index < -0.39 is 0 Å². The van der Waals surface area contributed by atoms with E-state index in [1.54, 1.807) is 0 Å². The van der Waals surface area contributed by atoms with Gasteiger partial charge in [-0.1, -0.05) is 19.4 Å². The van der Waals surface area contributed by atoms with Crippen molar-refractivity contribution in [3.05, 3.63) is 12.3 Å². The molecule has 2 unspecified atom stereocenters. The molecule has 17 heavy (non-hydrogen) atoms. The van der Waals surface area contributed by atoms with Crippen molar-refractivity contribution in [2.75, 3.05) is 0 Å². The van der Waals surface area contributed by atoms with E-state index in [-0.39, 0.29) is 18.1 Å². The zero-order chi connectivity index (χ0) is 11.8. The Hall–Kier alpha value is -1.56. The Balaban J connectivity index is 1.62. The van der Waals surface area contributed by atoms with Gasteiger partial charge in [0.15, 0.2) is 0 Å². The quantitative estimate of drug-likeness (QED) is 0.644. The average Bonchev–Trinajstić information content (AvgIpc) is 2.97. The second-order valence-corrected chi connectivity index (χ2v) is 4.80. The van der Waals surface area contributed by atoms with Crippen molar-refractivity contribution in [2.24, 2.45) is 5.10 Å². The largest absolute Gasteiger partial charge is 0.328 e. The molecule has 3 aliphatic rings. The molecule has 2 fully saturated rings. The Morgan fingerprint density at radius 3 is 2.82 bits per heavy atom. The molecule has 0 radical (unpaired) electrons. The smallest absolute Gasteiger partial charge is 0.319 e. The zero-order valence-corrected chi connectivity index (χ0v) is 9.65. The molecule has 0 spiro atoms. The van der Waals surface area contributed by atoms with Crippen molar-refractivity contribution >= 4 is 12.2 Å². The Kier molecular flexibility index (Phi) is 2.51. The van der Waals surface area contributed by atoms with Crippen LogP contribution in [-0.4, -0.2) is 35.5 Å². The molecular weight excluding hydrogens is 218 g/mol. The van der Waals surface area contributed by atoms with E-state index >= 15 is 0 Å². The molecule has 3 N–H and O–H groups in total. The Morgan fingerprint density at radius 2 is 2.18 bits per heavy atom. The monoisotopic (exact) mass is 235 g/mol. The minimum Gasteiger partial charge on any atom is -0.328 e. The lowest BCUT2D eigenvalue weighted by molar-refractivity contribution is 0.138. The topological polar surface area (TPSA) is 68.8 Å². The summed E-state index contributed by atoms with van der Waals surface area (Å²) in [5.41, 5.74) is 4.02. The first-order chi connectivity index (χ1) is 8.24. The third-order valence-electron chi connectivity index (χ3n) is 3.60. The SMILES string of the molecule is C=C1NC(=O)NC1C1C=NN(C2CCCC2)N1. The molecule has 0 aromatic heterocycles. The fraction of sp³-hybridized carbons (Fsp3) is 0.636. The summed E-state index contributed by atoms with van der Waals surface area (Å²) in [4.78, 5) is 11.2. The van der Waals surface area contributed by atoms with E-state index in [0.29, 0.717) is 11.7 Å². The summed E-state index contributed by atoms with van der Waals surface area (Å²) in [6, 6.07) is 0.198. The van der Waals surface area contributed by atoms with Crippen molar-refractivity contribution in [3.63, 3.8) is 0 Å². The van der Waals surface area contributed by atoms with Crippen LogP contribution in [0, 0.1) is 0 Å². The number of nitrogens with one attached hydrogen (secondary N) is 3. The number of rotatable bonds is 2. The van der Waals surface area contributed by atoms with Crippen LogP contribution in [0.3, 0.4) is 0 Å². The van der Waals surface area contributed by atoms with E-state index in [0.717, 1.165) is 0 Å². The van der Waals surface area contributed by atoms with Gasteiger partial charge in [0.25, 0.3) is 0 Å². The second-order valence-electron chi connectivity index (χ2n) is 4.80. The number of urea groups is 1. The molecule has 0 aromatic carbocycles. The van der Waals surface area contributed by atoms with Crippen LogP contribution in [0.5, 0.6) is 0 Å². The molecular formula is C11H17N5O. The van der Waals surface area contributed by atoms with E-state index in [4.69, 9.17) is 0 Å². The highest BCUT2D eigenvalue weighted by Crippen LogP contribution is 2.24. The highest BCUT2D eigenvalue weighted by atomic mass is 16.2. The van der Waals surface area contributed by atoms with Crippen LogP contribution in [0.15, 0.2) is 17.4 Å². The van der Waals surface area contributed by atoms with Gasteiger partial charge in [0.2, 0.25) is 0 Å². The number of hydrazone groups is 1. The fourth-order valence-electron chi connectivity index (χ4n) is 2.67. The summed E-state index contributed by atoms with van der Waals surface area (Å²) < 4.78 is 0. The Bertz CT molecular complexity index is 374. The van der Waals surface area contributed by atoms with Crippen LogP contribution >= 0.6 is 0 Å². The number of carbonyl (C=O) groups excluding carboxylic acids is 1. The highest BCUT2D eigenvalue weighted by Gasteiger charge is 2.36. The van der Waals surface area contributed by atoms with E-state index in [1.807, 2.05) is 11.3 Å². The van der Waals surface area contributed by atoms with E-state index in [9.17, 15) is 4.79 Å². The Labute approximate surface area is 100 Å². The van der Waals surface area contributed by atoms with Gasteiger partial charge in [0.05, 0.1) is 18.1 Å². The van der Waals surface area contributed by atoms with Gasteiger partial charge in [-0.25, -0.2) is 15.3 Å². The van der Waals surface area contributed by atoms with Gasteiger partial charge in [-0.15, -0.1) is 0 Å². The van der Waals surface area contributed by atoms with Crippen LogP contribution in [0.25, 0.3) is 0 Å². The molecule has 6 heteroatoms. The molecule has 2 amide bonds. The van der Waals surface area contributed by atoms with Gasteiger partial charge in [0.1, 0.15) is 0 Å². The molecule has 6 nitrogen and oxygen atoms in total. The number of amides is 2. The summed E-state index contributed by atoms with van der Waals surface area (Å²) in [5.74, 6) is 0. The van der Waals surface area contributed by atoms with Crippen molar-refractivity contribution in [3.8, 4) is 0 Å². The average molecular weight is 235 g/mol. The van der Waals surface area contributed by atoms with Crippen molar-refractivity contribution < 1.29 is 4.79 Å². The predicted octanol–water partition coefficient (Wildman–Crippen LogP) is 0.299. The van der Waals surface area contributed by atoms with Crippen molar-refractivity contribution in [1.82, 2.24) is 21.2 Å². The molecule has 2 heterocycles. The maximum absolute atomic E-state index is 11.2. The molecule has 1 aliphatic carbocycles. The fourth-order valence-corrected chi connectivity index (χ4v) is 2.67. The van der Waals surface area contributed by atoms with Gasteiger partial charge >= 0.3 is 6.03 Å². The lowest BCUT2D eigenvalue weighted by Gasteiger charge is -2.25. The number of carbonyl (C=O) groups is 1. The third kappa shape index (κ3) is 1.88. The minimum absolute atomic E-state index is 0.00190. The second kappa shape index (κ2) is 4.03. The molecule has 1 saturated heterocycles. The molecule has 1 saturated carbocycles. The van der Waals surface area contributed by atoms with Gasteiger partial charge in [-0.05, 0) is 12.8 Å². The number of hydrogen-bond acceptors (Lipinski definition) is 4. The van der Waals surface area contributed by atoms with Gasteiger partial charge in [-0.2, -0.15) is 5.10 Å². The molecule has 2 atom stereocenters. The zero-order valence-electron chi connectivity index (χ0n) is 9.65. The predicted molar refractivity (Wildman–Crippen MR) is 64.1 cm³/mol. The number of hydrogen-bond donors (Lipinski definition) is 3. The number of hydrazine groups is 1. The van der Waals surface area contributed by atoms with Crippen LogP contribution in [-0.2, 0) is 0 Å². The lowest BCUT2D eigenvalue weighted by Crippen LogP contribution is -2.50. The van der Waals surface area contributed by atoms with E-state index in [2.05, 4.69) is 27.7 Å². The molecule has 3 rings (SSSR count). The normalized spacial score (nSPS) is 33.3. The standard InChI is InChI=1S/C11H17N5O/c1-7-10(14-11(17)13-7)9-6-12-16(15-9)8-4-2-3-5-8/h6,8-10,15H,1-5H2,(H2,13,14,17). The van der Waals surface area contributed by atoms with Crippen LogP contribution in [0.1, 0.15) is 25.7 Å². The highest BCUT2D eigenvalue weighted by molar-refractivity contribution is 5.82. The lowest BCUT2D eigenvalue weighted by atomic mass is 10.1. The number of nitrogens with zero attached hydrogens (tertiary/aromatic N) is 2. The first-order valence-electron chi connectivity index (χ1n) is 6.10. The Morgan fingerprint density at radius 1 is 1.41 bits per heavy atom. The van der Waals surface area contributed by atoms with Crippen LogP contribution in [0.4, 0.5) is 4.79 Å². The summed E-state index contributed by atoms with van der Waals surface area (Å²) in [6.45, 7) is 3.84. The first-order valence-corrected chi connectivity index (χ1v) is 6.10. The van der Waals surface area contributed by atoms with Gasteiger partial charge < -0.3 is 10.6 Å². The third-order valence-corrected chi connectivity index (χ3v) is 3.60. The molecule has 0 bridgehead atoms. The maximum Gasteiger partial charge on any atom is 0.319 e.